The van der Waals surface area contributed by atoms with Crippen molar-refractivity contribution >= 4 is 23.4 Å². The molecule has 6 nitrogen and oxygen atoms in total. The van der Waals surface area contributed by atoms with E-state index in [0.717, 1.165) is 29.8 Å². The second-order valence-electron chi connectivity index (χ2n) is 6.64. The molecular formula is C22H24ClN3O3. The molecule has 2 aromatic carbocycles. The molecule has 3 rings (SSSR count). The number of halogens is 1. The van der Waals surface area contributed by atoms with Crippen LogP contribution in [0.5, 0.6) is 0 Å². The van der Waals surface area contributed by atoms with Crippen LogP contribution in [0.15, 0.2) is 53.1 Å². The number of hydrogen-bond donors (Lipinski definition) is 2. The van der Waals surface area contributed by atoms with Crippen LogP contribution in [0.2, 0.25) is 5.02 Å². The molecule has 2 N–H and O–H groups in total. The molecular weight excluding hydrogens is 390 g/mol. The van der Waals surface area contributed by atoms with Gasteiger partial charge in [-0.2, -0.15) is 0 Å². The number of aromatic nitrogens is 1. The minimum absolute atomic E-state index is 0.486. The van der Waals surface area contributed by atoms with Gasteiger partial charge in [0.05, 0.1) is 0 Å². The zero-order valence-electron chi connectivity index (χ0n) is 16.7. The van der Waals surface area contributed by atoms with E-state index in [1.54, 1.807) is 19.9 Å². The highest BCUT2D eigenvalue weighted by Crippen LogP contribution is 2.32. The van der Waals surface area contributed by atoms with E-state index in [2.05, 4.69) is 22.7 Å². The second-order valence-corrected chi connectivity index (χ2v) is 7.05. The van der Waals surface area contributed by atoms with Crippen molar-refractivity contribution in [3.8, 4) is 11.3 Å². The Morgan fingerprint density at radius 1 is 1.21 bits per heavy atom. The van der Waals surface area contributed by atoms with Gasteiger partial charge in [0, 0.05) is 22.7 Å². The Hall–Kier alpha value is -2.83. The van der Waals surface area contributed by atoms with Crippen molar-refractivity contribution in [2.45, 2.75) is 33.4 Å². The molecule has 0 aliphatic carbocycles. The van der Waals surface area contributed by atoms with Crippen molar-refractivity contribution in [3.05, 3.63) is 70.4 Å². The van der Waals surface area contributed by atoms with Crippen molar-refractivity contribution in [3.63, 3.8) is 0 Å². The van der Waals surface area contributed by atoms with Gasteiger partial charge in [-0.1, -0.05) is 66.1 Å². The van der Waals surface area contributed by atoms with Gasteiger partial charge in [-0.3, -0.25) is 5.32 Å². The molecule has 0 fully saturated rings. The molecule has 0 radical (unpaired) electrons. The summed E-state index contributed by atoms with van der Waals surface area (Å²) in [7, 11) is 0. The third kappa shape index (κ3) is 5.16. The van der Waals surface area contributed by atoms with Crippen molar-refractivity contribution < 1.29 is 14.1 Å². The smallest absolute Gasteiger partial charge is 0.412 e. The zero-order valence-corrected chi connectivity index (χ0v) is 17.4. The summed E-state index contributed by atoms with van der Waals surface area (Å²) in [5, 5.41) is 10.6. The van der Waals surface area contributed by atoms with Gasteiger partial charge in [0.15, 0.2) is 5.76 Å². The van der Waals surface area contributed by atoms with E-state index in [1.807, 2.05) is 42.5 Å². The molecule has 3 aromatic rings. The minimum atomic E-state index is -0.603. The first-order valence-electron chi connectivity index (χ1n) is 9.48. The lowest BCUT2D eigenvalue weighted by Gasteiger charge is -2.15. The van der Waals surface area contributed by atoms with Crippen molar-refractivity contribution in [1.82, 2.24) is 10.5 Å². The van der Waals surface area contributed by atoms with Crippen LogP contribution in [0, 0.1) is 6.92 Å². The van der Waals surface area contributed by atoms with E-state index in [0.29, 0.717) is 22.2 Å². The van der Waals surface area contributed by atoms with Gasteiger partial charge < -0.3 is 14.6 Å². The summed E-state index contributed by atoms with van der Waals surface area (Å²) in [6.07, 6.45) is -1.11. The second kappa shape index (κ2) is 9.58. The molecule has 1 atom stereocenters. The van der Waals surface area contributed by atoms with Crippen LogP contribution in [0.1, 0.15) is 36.8 Å². The summed E-state index contributed by atoms with van der Waals surface area (Å²) in [4.78, 5) is 12.5. The zero-order chi connectivity index (χ0) is 20.8. The molecule has 0 aliphatic heterocycles. The van der Waals surface area contributed by atoms with E-state index in [-0.39, 0.29) is 0 Å². The van der Waals surface area contributed by atoms with Crippen LogP contribution >= 0.6 is 11.6 Å². The number of nitrogens with one attached hydrogen (secondary N) is 2. The topological polar surface area (TPSA) is 76.4 Å². The molecule has 0 spiro atoms. The van der Waals surface area contributed by atoms with Crippen molar-refractivity contribution in [2.24, 2.45) is 0 Å². The predicted molar refractivity (Wildman–Crippen MR) is 114 cm³/mol. The Balaban J connectivity index is 1.72. The Bertz CT molecular complexity index is 970. The summed E-state index contributed by atoms with van der Waals surface area (Å²) >= 11 is 6.18. The van der Waals surface area contributed by atoms with Crippen LogP contribution in [0.4, 0.5) is 10.5 Å². The maximum absolute atomic E-state index is 12.5. The maximum Gasteiger partial charge on any atom is 0.412 e. The monoisotopic (exact) mass is 413 g/mol. The molecule has 152 valence electrons. The first-order chi connectivity index (χ1) is 14.0. The van der Waals surface area contributed by atoms with E-state index >= 15 is 0 Å². The molecule has 0 bridgehead atoms. The lowest BCUT2D eigenvalue weighted by Crippen LogP contribution is -2.17. The first kappa shape index (κ1) is 20.9. The van der Waals surface area contributed by atoms with Gasteiger partial charge >= 0.3 is 6.09 Å². The third-order valence-electron chi connectivity index (χ3n) is 4.51. The van der Waals surface area contributed by atoms with Crippen LogP contribution in [-0.4, -0.2) is 17.8 Å². The number of ether oxygens (including phenoxy) is 1. The summed E-state index contributed by atoms with van der Waals surface area (Å²) in [5.41, 5.74) is 3.78. The molecule has 1 aromatic heterocycles. The highest BCUT2D eigenvalue weighted by molar-refractivity contribution is 6.31. The normalized spacial score (nSPS) is 11.9. The molecule has 0 saturated carbocycles. The first-order valence-corrected chi connectivity index (χ1v) is 9.85. The van der Waals surface area contributed by atoms with Crippen LogP contribution in [0.3, 0.4) is 0 Å². The van der Waals surface area contributed by atoms with Gasteiger partial charge in [-0.25, -0.2) is 4.79 Å². The fourth-order valence-corrected chi connectivity index (χ4v) is 3.21. The number of benzene rings is 2. The predicted octanol–water partition coefficient (Wildman–Crippen LogP) is 5.72. The fourth-order valence-electron chi connectivity index (χ4n) is 2.92. The molecule has 0 saturated heterocycles. The SMILES string of the molecule is CCNCc1ccc(-c2onc(C)c2NC(=O)OC(C)c2ccccc2Cl)cc1. The van der Waals surface area contributed by atoms with E-state index in [1.165, 1.54) is 0 Å². The quantitative estimate of drug-likeness (QED) is 0.517. The van der Waals surface area contributed by atoms with Gasteiger partial charge in [0.2, 0.25) is 0 Å². The average Bonchev–Trinajstić information content (AvgIpc) is 3.07. The van der Waals surface area contributed by atoms with Gasteiger partial charge in [-0.15, -0.1) is 0 Å². The lowest BCUT2D eigenvalue weighted by molar-refractivity contribution is 0.121. The van der Waals surface area contributed by atoms with Crippen LogP contribution in [-0.2, 0) is 11.3 Å². The summed E-state index contributed by atoms with van der Waals surface area (Å²) in [6, 6.07) is 15.2. The number of rotatable bonds is 7. The summed E-state index contributed by atoms with van der Waals surface area (Å²) < 4.78 is 10.9. The number of carbonyl (C=O) groups is 1. The number of nitrogens with zero attached hydrogens (tertiary/aromatic N) is 1. The van der Waals surface area contributed by atoms with Gasteiger partial charge in [0.1, 0.15) is 17.5 Å². The molecule has 1 amide bonds. The molecule has 0 aliphatic rings. The molecule has 1 unspecified atom stereocenters. The standard InChI is InChI=1S/C22H24ClN3O3/c1-4-24-13-16-9-11-17(12-10-16)21-20(14(2)26-29-21)25-22(27)28-15(3)18-7-5-6-8-19(18)23/h5-12,15,24H,4,13H2,1-3H3,(H,25,27). The third-order valence-corrected chi connectivity index (χ3v) is 4.86. The largest absolute Gasteiger partial charge is 0.441 e. The van der Waals surface area contributed by atoms with Crippen molar-refractivity contribution in [1.29, 1.82) is 0 Å². The number of hydrogen-bond acceptors (Lipinski definition) is 5. The maximum atomic E-state index is 12.5. The number of anilines is 1. The summed E-state index contributed by atoms with van der Waals surface area (Å²) in [5.74, 6) is 0.486. The number of aryl methyl sites for hydroxylation is 1. The Labute approximate surface area is 175 Å². The molecule has 29 heavy (non-hydrogen) atoms. The van der Waals surface area contributed by atoms with Gasteiger partial charge in [-0.05, 0) is 32.0 Å². The van der Waals surface area contributed by atoms with Crippen LogP contribution in [0.25, 0.3) is 11.3 Å². The average molecular weight is 414 g/mol. The number of amides is 1. The van der Waals surface area contributed by atoms with E-state index in [9.17, 15) is 4.79 Å². The Morgan fingerprint density at radius 3 is 2.62 bits per heavy atom. The highest BCUT2D eigenvalue weighted by Gasteiger charge is 2.20. The highest BCUT2D eigenvalue weighted by atomic mass is 35.5. The van der Waals surface area contributed by atoms with Crippen molar-refractivity contribution in [2.75, 3.05) is 11.9 Å². The Morgan fingerprint density at radius 2 is 1.93 bits per heavy atom. The van der Waals surface area contributed by atoms with Gasteiger partial charge in [0.25, 0.3) is 0 Å². The molecule has 7 heteroatoms. The van der Waals surface area contributed by atoms with E-state index < -0.39 is 12.2 Å². The summed E-state index contributed by atoms with van der Waals surface area (Å²) in [6.45, 7) is 7.30. The lowest BCUT2D eigenvalue weighted by atomic mass is 10.1. The number of carbonyl (C=O) groups excluding carboxylic acids is 1. The fraction of sp³-hybridized carbons (Fsp3) is 0.273. The Kier molecular flexibility index (Phi) is 6.90. The van der Waals surface area contributed by atoms with E-state index in [4.69, 9.17) is 20.9 Å². The molecule has 1 heterocycles. The van der Waals surface area contributed by atoms with Crippen LogP contribution < -0.4 is 10.6 Å². The minimum Gasteiger partial charge on any atom is -0.441 e.